The van der Waals surface area contributed by atoms with Crippen molar-refractivity contribution in [3.8, 4) is 11.5 Å². The summed E-state index contributed by atoms with van der Waals surface area (Å²) >= 11 is 5.96. The van der Waals surface area contributed by atoms with E-state index in [1.165, 1.54) is 0 Å². The standard InChI is InChI=1S/C18H19ClO4/c1-3-21-17-11-14(18(20)22-4-2)8-9-16(17)23-12-13-6-5-7-15(19)10-13/h5-11H,3-4,12H2,1-2H3. The minimum Gasteiger partial charge on any atom is -0.490 e. The van der Waals surface area contributed by atoms with E-state index in [-0.39, 0.29) is 5.97 Å². The van der Waals surface area contributed by atoms with Gasteiger partial charge in [0.15, 0.2) is 11.5 Å². The molecule has 0 spiro atoms. The number of ether oxygens (including phenoxy) is 3. The Morgan fingerprint density at radius 1 is 1.00 bits per heavy atom. The van der Waals surface area contributed by atoms with Gasteiger partial charge in [0.25, 0.3) is 0 Å². The molecule has 0 aliphatic heterocycles. The second-order valence-electron chi connectivity index (χ2n) is 4.73. The molecule has 0 radical (unpaired) electrons. The Morgan fingerprint density at radius 2 is 1.83 bits per heavy atom. The van der Waals surface area contributed by atoms with Crippen LogP contribution >= 0.6 is 11.6 Å². The number of esters is 1. The largest absolute Gasteiger partial charge is 0.490 e. The van der Waals surface area contributed by atoms with Gasteiger partial charge in [-0.3, -0.25) is 0 Å². The summed E-state index contributed by atoms with van der Waals surface area (Å²) < 4.78 is 16.3. The van der Waals surface area contributed by atoms with Crippen LogP contribution in [-0.2, 0) is 11.3 Å². The molecule has 0 aliphatic carbocycles. The van der Waals surface area contributed by atoms with Gasteiger partial charge in [-0.15, -0.1) is 0 Å². The molecule has 0 saturated carbocycles. The summed E-state index contributed by atoms with van der Waals surface area (Å²) in [5.74, 6) is 0.704. The van der Waals surface area contributed by atoms with Gasteiger partial charge in [0.05, 0.1) is 18.8 Å². The van der Waals surface area contributed by atoms with Gasteiger partial charge in [0.2, 0.25) is 0 Å². The highest BCUT2D eigenvalue weighted by Gasteiger charge is 2.12. The second-order valence-corrected chi connectivity index (χ2v) is 5.17. The number of carbonyl (C=O) groups is 1. The molecule has 2 aromatic carbocycles. The van der Waals surface area contributed by atoms with Gasteiger partial charge < -0.3 is 14.2 Å². The van der Waals surface area contributed by atoms with Crippen molar-refractivity contribution < 1.29 is 19.0 Å². The van der Waals surface area contributed by atoms with Gasteiger partial charge in [-0.05, 0) is 49.7 Å². The lowest BCUT2D eigenvalue weighted by Gasteiger charge is -2.13. The molecule has 0 aromatic heterocycles. The second kappa shape index (κ2) is 8.44. The number of carbonyl (C=O) groups excluding carboxylic acids is 1. The van der Waals surface area contributed by atoms with E-state index in [0.717, 1.165) is 5.56 Å². The molecule has 0 fully saturated rings. The molecule has 5 heteroatoms. The molecule has 4 nitrogen and oxygen atoms in total. The number of hydrogen-bond donors (Lipinski definition) is 0. The van der Waals surface area contributed by atoms with Crippen molar-refractivity contribution in [3.63, 3.8) is 0 Å². The smallest absolute Gasteiger partial charge is 0.338 e. The third kappa shape index (κ3) is 4.89. The maximum atomic E-state index is 11.8. The highest BCUT2D eigenvalue weighted by atomic mass is 35.5. The Labute approximate surface area is 140 Å². The van der Waals surface area contributed by atoms with Crippen molar-refractivity contribution in [3.05, 3.63) is 58.6 Å². The van der Waals surface area contributed by atoms with Crippen molar-refractivity contribution in [2.75, 3.05) is 13.2 Å². The predicted octanol–water partition coefficient (Wildman–Crippen LogP) is 4.49. The first-order valence-corrected chi connectivity index (χ1v) is 7.83. The molecule has 0 heterocycles. The zero-order chi connectivity index (χ0) is 16.7. The molecular weight excluding hydrogens is 316 g/mol. The average molecular weight is 335 g/mol. The van der Waals surface area contributed by atoms with Gasteiger partial charge in [-0.1, -0.05) is 23.7 Å². The normalized spacial score (nSPS) is 10.2. The van der Waals surface area contributed by atoms with Crippen LogP contribution in [0.5, 0.6) is 11.5 Å². The molecule has 0 N–H and O–H groups in total. The minimum atomic E-state index is -0.380. The van der Waals surface area contributed by atoms with Crippen LogP contribution < -0.4 is 9.47 Å². The molecule has 23 heavy (non-hydrogen) atoms. The van der Waals surface area contributed by atoms with E-state index in [1.807, 2.05) is 31.2 Å². The number of benzene rings is 2. The number of rotatable bonds is 7. The third-order valence-corrected chi connectivity index (χ3v) is 3.27. The van der Waals surface area contributed by atoms with Crippen LogP contribution in [-0.4, -0.2) is 19.2 Å². The Morgan fingerprint density at radius 3 is 2.52 bits per heavy atom. The zero-order valence-electron chi connectivity index (χ0n) is 13.2. The summed E-state index contributed by atoms with van der Waals surface area (Å²) in [7, 11) is 0. The molecule has 0 bridgehead atoms. The van der Waals surface area contributed by atoms with Crippen molar-refractivity contribution in [2.45, 2.75) is 20.5 Å². The molecule has 0 aliphatic rings. The Hall–Kier alpha value is -2.20. The fourth-order valence-corrected chi connectivity index (χ4v) is 2.24. The molecule has 122 valence electrons. The van der Waals surface area contributed by atoms with E-state index in [1.54, 1.807) is 25.1 Å². The average Bonchev–Trinajstić information content (AvgIpc) is 2.54. The minimum absolute atomic E-state index is 0.329. The zero-order valence-corrected chi connectivity index (χ0v) is 13.9. The Kier molecular flexibility index (Phi) is 6.29. The van der Waals surface area contributed by atoms with Gasteiger partial charge >= 0.3 is 5.97 Å². The van der Waals surface area contributed by atoms with Crippen LogP contribution in [0.1, 0.15) is 29.8 Å². The van der Waals surface area contributed by atoms with E-state index < -0.39 is 0 Å². The Balaban J connectivity index is 2.15. The number of halogens is 1. The van der Waals surface area contributed by atoms with Gasteiger partial charge in [0.1, 0.15) is 6.61 Å². The lowest BCUT2D eigenvalue weighted by atomic mass is 10.2. The van der Waals surface area contributed by atoms with Crippen molar-refractivity contribution in [1.29, 1.82) is 0 Å². The molecule has 2 rings (SSSR count). The monoisotopic (exact) mass is 334 g/mol. The van der Waals surface area contributed by atoms with Gasteiger partial charge in [-0.2, -0.15) is 0 Å². The van der Waals surface area contributed by atoms with Crippen LogP contribution in [0.2, 0.25) is 5.02 Å². The van der Waals surface area contributed by atoms with Crippen molar-refractivity contribution in [2.24, 2.45) is 0 Å². The van der Waals surface area contributed by atoms with Gasteiger partial charge in [0, 0.05) is 5.02 Å². The molecular formula is C18H19ClO4. The SMILES string of the molecule is CCOC(=O)c1ccc(OCc2cccc(Cl)c2)c(OCC)c1. The summed E-state index contributed by atoms with van der Waals surface area (Å²) in [5.41, 5.74) is 1.39. The first-order valence-electron chi connectivity index (χ1n) is 7.45. The third-order valence-electron chi connectivity index (χ3n) is 3.04. The summed E-state index contributed by atoms with van der Waals surface area (Å²) in [6.07, 6.45) is 0. The maximum Gasteiger partial charge on any atom is 0.338 e. The van der Waals surface area contributed by atoms with E-state index in [2.05, 4.69) is 0 Å². The van der Waals surface area contributed by atoms with Crippen LogP contribution in [0.3, 0.4) is 0 Å². The molecule has 0 atom stereocenters. The summed E-state index contributed by atoms with van der Waals surface area (Å²) in [6, 6.07) is 12.5. The lowest BCUT2D eigenvalue weighted by molar-refractivity contribution is 0.0525. The summed E-state index contributed by atoms with van der Waals surface area (Å²) in [5, 5.41) is 0.661. The predicted molar refractivity (Wildman–Crippen MR) is 89.4 cm³/mol. The maximum absolute atomic E-state index is 11.8. The van der Waals surface area contributed by atoms with Gasteiger partial charge in [-0.25, -0.2) is 4.79 Å². The molecule has 0 saturated heterocycles. The topological polar surface area (TPSA) is 44.8 Å². The van der Waals surface area contributed by atoms with Crippen LogP contribution in [0.4, 0.5) is 0 Å². The molecule has 2 aromatic rings. The molecule has 0 amide bonds. The fourth-order valence-electron chi connectivity index (χ4n) is 2.02. The highest BCUT2D eigenvalue weighted by Crippen LogP contribution is 2.29. The van der Waals surface area contributed by atoms with E-state index >= 15 is 0 Å². The van der Waals surface area contributed by atoms with E-state index in [9.17, 15) is 4.79 Å². The lowest BCUT2D eigenvalue weighted by Crippen LogP contribution is -2.06. The fraction of sp³-hybridized carbons (Fsp3) is 0.278. The van der Waals surface area contributed by atoms with Crippen molar-refractivity contribution in [1.82, 2.24) is 0 Å². The highest BCUT2D eigenvalue weighted by molar-refractivity contribution is 6.30. The summed E-state index contributed by atoms with van der Waals surface area (Å²) in [6.45, 7) is 4.80. The summed E-state index contributed by atoms with van der Waals surface area (Å²) in [4.78, 5) is 11.8. The Bertz CT molecular complexity index is 670. The van der Waals surface area contributed by atoms with Crippen molar-refractivity contribution >= 4 is 17.6 Å². The van der Waals surface area contributed by atoms with E-state index in [0.29, 0.717) is 41.9 Å². The molecule has 0 unspecified atom stereocenters. The van der Waals surface area contributed by atoms with E-state index in [4.69, 9.17) is 25.8 Å². The van der Waals surface area contributed by atoms with Crippen LogP contribution in [0.15, 0.2) is 42.5 Å². The number of hydrogen-bond acceptors (Lipinski definition) is 4. The van der Waals surface area contributed by atoms with Crippen LogP contribution in [0, 0.1) is 0 Å². The first kappa shape index (κ1) is 17.2. The quantitative estimate of drug-likeness (QED) is 0.700. The first-order chi connectivity index (χ1) is 11.1. The van der Waals surface area contributed by atoms with Crippen LogP contribution in [0.25, 0.3) is 0 Å².